The highest BCUT2D eigenvalue weighted by Crippen LogP contribution is 2.60. The molecule has 1 saturated heterocycles. The van der Waals surface area contributed by atoms with Crippen molar-refractivity contribution in [2.45, 2.75) is 77.8 Å². The van der Waals surface area contributed by atoms with Gasteiger partial charge in [-0.25, -0.2) is 0 Å². The summed E-state index contributed by atoms with van der Waals surface area (Å²) in [5, 5.41) is 6.22. The van der Waals surface area contributed by atoms with E-state index in [9.17, 15) is 9.59 Å². The van der Waals surface area contributed by atoms with Gasteiger partial charge in [-0.05, 0) is 75.5 Å². The molecule has 4 saturated carbocycles. The third kappa shape index (κ3) is 4.85. The van der Waals surface area contributed by atoms with Crippen molar-refractivity contribution >= 4 is 11.8 Å². The predicted octanol–water partition coefficient (Wildman–Crippen LogP) is 2.57. The summed E-state index contributed by atoms with van der Waals surface area (Å²) in [5.41, 5.74) is -0.197. The lowest BCUT2D eigenvalue weighted by Crippen LogP contribution is -2.57. The van der Waals surface area contributed by atoms with Crippen LogP contribution < -0.4 is 10.6 Å². The summed E-state index contributed by atoms with van der Waals surface area (Å²) in [6.07, 6.45) is 8.12. The molecular weight excluding hydrogens is 378 g/mol. The van der Waals surface area contributed by atoms with Gasteiger partial charge in [0.15, 0.2) is 0 Å². The summed E-state index contributed by atoms with van der Waals surface area (Å²) >= 11 is 0. The van der Waals surface area contributed by atoms with E-state index in [0.717, 1.165) is 69.7 Å². The number of carbonyl (C=O) groups is 2. The highest BCUT2D eigenvalue weighted by molar-refractivity contribution is 5.90. The Balaban J connectivity index is 1.29. The van der Waals surface area contributed by atoms with Gasteiger partial charge < -0.3 is 15.4 Å². The summed E-state index contributed by atoms with van der Waals surface area (Å²) in [4.78, 5) is 28.5. The van der Waals surface area contributed by atoms with Crippen LogP contribution in [0.4, 0.5) is 0 Å². The maximum absolute atomic E-state index is 13.2. The topological polar surface area (TPSA) is 70.7 Å². The van der Waals surface area contributed by atoms with Gasteiger partial charge in [0, 0.05) is 31.1 Å². The molecule has 1 heterocycles. The van der Waals surface area contributed by atoms with Gasteiger partial charge in [-0.1, -0.05) is 13.8 Å². The molecule has 2 atom stereocenters. The zero-order valence-electron chi connectivity index (χ0n) is 19.1. The molecule has 2 unspecified atom stereocenters. The Labute approximate surface area is 181 Å². The molecule has 0 radical (unpaired) electrons. The molecular formula is C24H41N3O3. The van der Waals surface area contributed by atoms with E-state index < -0.39 is 6.04 Å². The number of nitrogens with one attached hydrogen (secondary N) is 2. The average molecular weight is 420 g/mol. The van der Waals surface area contributed by atoms with E-state index >= 15 is 0 Å². The number of carbonyl (C=O) groups excluding carboxylic acids is 2. The van der Waals surface area contributed by atoms with Crippen LogP contribution in [0.3, 0.4) is 0 Å². The zero-order chi connectivity index (χ0) is 21.3. The smallest absolute Gasteiger partial charge is 0.242 e. The predicted molar refractivity (Wildman–Crippen MR) is 117 cm³/mol. The molecule has 5 aliphatic rings. The van der Waals surface area contributed by atoms with Gasteiger partial charge in [0.2, 0.25) is 11.8 Å². The van der Waals surface area contributed by atoms with Gasteiger partial charge in [0.25, 0.3) is 0 Å². The molecule has 0 aromatic heterocycles. The van der Waals surface area contributed by atoms with Crippen LogP contribution >= 0.6 is 0 Å². The van der Waals surface area contributed by atoms with Crippen molar-refractivity contribution in [3.8, 4) is 0 Å². The number of hydrogen-bond donors (Lipinski definition) is 2. The Morgan fingerprint density at radius 1 is 1.00 bits per heavy atom. The largest absolute Gasteiger partial charge is 0.379 e. The van der Waals surface area contributed by atoms with E-state index in [0.29, 0.717) is 18.5 Å². The highest BCUT2D eigenvalue weighted by atomic mass is 16.5. The monoisotopic (exact) mass is 419 g/mol. The van der Waals surface area contributed by atoms with E-state index in [1.807, 2.05) is 6.92 Å². The molecule has 0 spiro atoms. The standard InChI is InChI=1S/C24H41N3O3/c1-16(2)8-21(27-4-6-30-7-5-27)15-25-22(28)17(3)26-23(29)24-12-18-9-19(13-24)11-20(10-18)14-24/h16-21H,4-15H2,1-3H3,(H,25,28)(H,26,29). The summed E-state index contributed by atoms with van der Waals surface area (Å²) in [6, 6.07) is -0.154. The van der Waals surface area contributed by atoms with Crippen LogP contribution in [0.2, 0.25) is 0 Å². The van der Waals surface area contributed by atoms with Crippen LogP contribution in [0.15, 0.2) is 0 Å². The lowest BCUT2D eigenvalue weighted by Gasteiger charge is -2.55. The summed E-state index contributed by atoms with van der Waals surface area (Å²) in [6.45, 7) is 10.3. The summed E-state index contributed by atoms with van der Waals surface area (Å²) < 4.78 is 5.49. The van der Waals surface area contributed by atoms with E-state index in [2.05, 4.69) is 29.4 Å². The fourth-order valence-corrected chi connectivity index (χ4v) is 7.02. The second kappa shape index (κ2) is 9.15. The van der Waals surface area contributed by atoms with E-state index in [-0.39, 0.29) is 17.2 Å². The van der Waals surface area contributed by atoms with Crippen molar-refractivity contribution in [1.29, 1.82) is 0 Å². The first-order valence-corrected chi connectivity index (χ1v) is 12.2. The molecule has 4 aliphatic carbocycles. The quantitative estimate of drug-likeness (QED) is 0.634. The van der Waals surface area contributed by atoms with Crippen LogP contribution in [0.1, 0.15) is 65.7 Å². The maximum Gasteiger partial charge on any atom is 0.242 e. The zero-order valence-corrected chi connectivity index (χ0v) is 19.1. The van der Waals surface area contributed by atoms with E-state index in [1.54, 1.807) is 0 Å². The van der Waals surface area contributed by atoms with Gasteiger partial charge in [-0.15, -0.1) is 0 Å². The van der Waals surface area contributed by atoms with Crippen molar-refractivity contribution in [2.24, 2.45) is 29.1 Å². The maximum atomic E-state index is 13.2. The fraction of sp³-hybridized carbons (Fsp3) is 0.917. The minimum absolute atomic E-state index is 0.0601. The minimum atomic E-state index is -0.477. The van der Waals surface area contributed by atoms with Gasteiger partial charge >= 0.3 is 0 Å². The molecule has 0 aromatic carbocycles. The molecule has 1 aliphatic heterocycles. The van der Waals surface area contributed by atoms with Crippen LogP contribution in [0.25, 0.3) is 0 Å². The van der Waals surface area contributed by atoms with Crippen LogP contribution in [0.5, 0.6) is 0 Å². The van der Waals surface area contributed by atoms with Crippen LogP contribution in [0, 0.1) is 29.1 Å². The number of nitrogens with zero attached hydrogens (tertiary/aromatic N) is 1. The molecule has 5 rings (SSSR count). The Hall–Kier alpha value is -1.14. The number of amides is 2. The number of rotatable bonds is 8. The Kier molecular flexibility index (Phi) is 6.73. The lowest BCUT2D eigenvalue weighted by atomic mass is 9.49. The Morgan fingerprint density at radius 2 is 1.57 bits per heavy atom. The van der Waals surface area contributed by atoms with Crippen molar-refractivity contribution in [3.05, 3.63) is 0 Å². The molecule has 6 nitrogen and oxygen atoms in total. The number of morpholine rings is 1. The second-order valence-corrected chi connectivity index (χ2v) is 11.1. The van der Waals surface area contributed by atoms with Crippen molar-refractivity contribution in [3.63, 3.8) is 0 Å². The Morgan fingerprint density at radius 3 is 2.10 bits per heavy atom. The first-order chi connectivity index (χ1) is 14.3. The van der Waals surface area contributed by atoms with Crippen molar-refractivity contribution in [1.82, 2.24) is 15.5 Å². The molecule has 170 valence electrons. The summed E-state index contributed by atoms with van der Waals surface area (Å²) in [7, 11) is 0. The normalized spacial score (nSPS) is 35.3. The van der Waals surface area contributed by atoms with Crippen molar-refractivity contribution in [2.75, 3.05) is 32.8 Å². The molecule has 2 amide bonds. The first-order valence-electron chi connectivity index (χ1n) is 12.2. The lowest BCUT2D eigenvalue weighted by molar-refractivity contribution is -0.148. The van der Waals surface area contributed by atoms with Gasteiger partial charge in [0.05, 0.1) is 13.2 Å². The average Bonchev–Trinajstić information content (AvgIpc) is 2.70. The van der Waals surface area contributed by atoms with E-state index in [1.165, 1.54) is 19.3 Å². The minimum Gasteiger partial charge on any atom is -0.379 e. The van der Waals surface area contributed by atoms with Crippen LogP contribution in [-0.4, -0.2) is 61.6 Å². The first kappa shape index (κ1) is 22.1. The molecule has 5 fully saturated rings. The molecule has 2 N–H and O–H groups in total. The van der Waals surface area contributed by atoms with Gasteiger partial charge in [0.1, 0.15) is 6.04 Å². The van der Waals surface area contributed by atoms with Gasteiger partial charge in [-0.2, -0.15) is 0 Å². The second-order valence-electron chi connectivity index (χ2n) is 11.1. The molecule has 30 heavy (non-hydrogen) atoms. The fourth-order valence-electron chi connectivity index (χ4n) is 7.02. The molecule has 4 bridgehead atoms. The molecule has 6 heteroatoms. The SMILES string of the molecule is CC(C)CC(CNC(=O)C(C)NC(=O)C12CC3CC(CC(C3)C1)C2)N1CCOCC1. The summed E-state index contributed by atoms with van der Waals surface area (Å²) in [5.74, 6) is 2.85. The van der Waals surface area contributed by atoms with Crippen LogP contribution in [-0.2, 0) is 14.3 Å². The van der Waals surface area contributed by atoms with Gasteiger partial charge in [-0.3, -0.25) is 14.5 Å². The van der Waals surface area contributed by atoms with Crippen molar-refractivity contribution < 1.29 is 14.3 Å². The number of hydrogen-bond acceptors (Lipinski definition) is 4. The highest BCUT2D eigenvalue weighted by Gasteiger charge is 2.54. The van der Waals surface area contributed by atoms with E-state index in [4.69, 9.17) is 4.74 Å². The third-order valence-corrected chi connectivity index (χ3v) is 8.08. The molecule has 0 aromatic rings. The number of ether oxygens (including phenoxy) is 1. The Bertz CT molecular complexity index is 594. The third-order valence-electron chi connectivity index (χ3n) is 8.08.